The second-order valence-electron chi connectivity index (χ2n) is 14.4. The molecule has 0 radical (unpaired) electrons. The number of rotatable bonds is 8. The van der Waals surface area contributed by atoms with Gasteiger partial charge < -0.3 is 0 Å². The molecule has 0 unspecified atom stereocenters. The summed E-state index contributed by atoms with van der Waals surface area (Å²) in [5.74, 6) is 1.87. The summed E-state index contributed by atoms with van der Waals surface area (Å²) in [6, 6.07) is 78.9. The van der Waals surface area contributed by atoms with Gasteiger partial charge in [0, 0.05) is 16.7 Å². The van der Waals surface area contributed by atoms with Gasteiger partial charge in [-0.15, -0.1) is 0 Å². The highest BCUT2D eigenvalue weighted by atomic mass is 15.0. The van der Waals surface area contributed by atoms with Gasteiger partial charge in [0.2, 0.25) is 0 Å². The number of hydrogen-bond acceptors (Lipinski definition) is 3. The molecule has 3 heteroatoms. The second kappa shape index (κ2) is 15.4. The van der Waals surface area contributed by atoms with Crippen molar-refractivity contribution < 1.29 is 0 Å². The van der Waals surface area contributed by atoms with Crippen LogP contribution in [0.3, 0.4) is 0 Å². The van der Waals surface area contributed by atoms with E-state index in [1.54, 1.807) is 0 Å². The van der Waals surface area contributed by atoms with Crippen molar-refractivity contribution in [3.05, 3.63) is 224 Å². The average Bonchev–Trinajstić information content (AvgIpc) is 3.32. The number of benzene rings is 9. The minimum Gasteiger partial charge on any atom is -0.208 e. The van der Waals surface area contributed by atoms with E-state index >= 15 is 0 Å². The van der Waals surface area contributed by atoms with Crippen LogP contribution in [0.25, 0.3) is 101 Å². The van der Waals surface area contributed by atoms with Gasteiger partial charge in [-0.05, 0) is 84.6 Å². The quantitative estimate of drug-likeness (QED) is 0.156. The Hall–Kier alpha value is -7.75. The summed E-state index contributed by atoms with van der Waals surface area (Å²) in [6.07, 6.45) is 0. The highest BCUT2D eigenvalue weighted by molar-refractivity contribution is 5.98. The van der Waals surface area contributed by atoms with Gasteiger partial charge in [-0.25, -0.2) is 15.0 Å². The van der Waals surface area contributed by atoms with Gasteiger partial charge in [0.1, 0.15) is 0 Å². The fraction of sp³-hybridized carbons (Fsp3) is 0. The Kier molecular flexibility index (Phi) is 9.23. The van der Waals surface area contributed by atoms with Crippen LogP contribution in [0.1, 0.15) is 0 Å². The Balaban J connectivity index is 1.10. The van der Waals surface area contributed by atoms with Crippen LogP contribution < -0.4 is 0 Å². The third-order valence-electron chi connectivity index (χ3n) is 10.8. The first kappa shape index (κ1) is 34.7. The molecule has 3 nitrogen and oxygen atoms in total. The zero-order chi connectivity index (χ0) is 38.7. The van der Waals surface area contributed by atoms with Crippen molar-refractivity contribution in [2.75, 3.05) is 0 Å². The Morgan fingerprint density at radius 3 is 1.29 bits per heavy atom. The molecule has 0 aliphatic rings. The van der Waals surface area contributed by atoms with Crippen molar-refractivity contribution in [1.29, 1.82) is 0 Å². The van der Waals surface area contributed by atoms with E-state index in [4.69, 9.17) is 15.0 Å². The summed E-state index contributed by atoms with van der Waals surface area (Å²) < 4.78 is 0. The van der Waals surface area contributed by atoms with Crippen LogP contribution in [0.15, 0.2) is 224 Å². The standard InChI is InChI=1S/C55H37N3/c1-4-15-38(16-5-1)40-29-31-43(32-30-40)53-56-54(47-25-12-23-44(35-47)39-17-6-2-7-18-39)58-55(57-53)48-26-13-24-45(36-48)51-34-33-46(37-52(51)42-19-8-3-9-20-42)50-28-14-22-41-21-10-11-27-49(41)50/h1-37H. The van der Waals surface area contributed by atoms with Crippen molar-refractivity contribution >= 4 is 10.8 Å². The lowest BCUT2D eigenvalue weighted by molar-refractivity contribution is 1.07. The molecule has 10 rings (SSSR count). The topological polar surface area (TPSA) is 38.7 Å². The molecule has 58 heavy (non-hydrogen) atoms. The summed E-state index contributed by atoms with van der Waals surface area (Å²) in [4.78, 5) is 15.4. The largest absolute Gasteiger partial charge is 0.208 e. The molecule has 1 heterocycles. The van der Waals surface area contributed by atoms with Crippen molar-refractivity contribution in [2.24, 2.45) is 0 Å². The fourth-order valence-corrected chi connectivity index (χ4v) is 7.80. The summed E-state index contributed by atoms with van der Waals surface area (Å²) in [5, 5.41) is 2.47. The summed E-state index contributed by atoms with van der Waals surface area (Å²) in [7, 11) is 0. The number of aromatic nitrogens is 3. The van der Waals surface area contributed by atoms with E-state index in [0.717, 1.165) is 55.6 Å². The first-order chi connectivity index (χ1) is 28.7. The zero-order valence-corrected chi connectivity index (χ0v) is 31.7. The molecular formula is C55H37N3. The van der Waals surface area contributed by atoms with Gasteiger partial charge in [-0.3, -0.25) is 0 Å². The highest BCUT2D eigenvalue weighted by Crippen LogP contribution is 2.39. The fourth-order valence-electron chi connectivity index (χ4n) is 7.80. The normalized spacial score (nSPS) is 11.1. The van der Waals surface area contributed by atoms with Gasteiger partial charge in [0.05, 0.1) is 0 Å². The van der Waals surface area contributed by atoms with E-state index < -0.39 is 0 Å². The molecule has 0 aliphatic carbocycles. The Bertz CT molecular complexity index is 3020. The van der Waals surface area contributed by atoms with Gasteiger partial charge in [-0.2, -0.15) is 0 Å². The molecule has 10 aromatic rings. The van der Waals surface area contributed by atoms with Crippen LogP contribution >= 0.6 is 0 Å². The molecule has 9 aromatic carbocycles. The van der Waals surface area contributed by atoms with Crippen LogP contribution in [0.5, 0.6) is 0 Å². The Labute approximate surface area is 338 Å². The van der Waals surface area contributed by atoms with Crippen LogP contribution in [0.2, 0.25) is 0 Å². The molecule has 0 bridgehead atoms. The number of fused-ring (bicyclic) bond motifs is 1. The van der Waals surface area contributed by atoms with E-state index in [0.29, 0.717) is 17.5 Å². The highest BCUT2D eigenvalue weighted by Gasteiger charge is 2.16. The van der Waals surface area contributed by atoms with E-state index in [1.165, 1.54) is 27.5 Å². The van der Waals surface area contributed by atoms with Crippen LogP contribution in [-0.2, 0) is 0 Å². The summed E-state index contributed by atoms with van der Waals surface area (Å²) in [5.41, 5.74) is 14.3. The summed E-state index contributed by atoms with van der Waals surface area (Å²) in [6.45, 7) is 0. The minimum absolute atomic E-state index is 0.618. The van der Waals surface area contributed by atoms with Crippen molar-refractivity contribution in [3.63, 3.8) is 0 Å². The maximum atomic E-state index is 5.18. The molecule has 0 aliphatic heterocycles. The Morgan fingerprint density at radius 2 is 0.621 bits per heavy atom. The third kappa shape index (κ3) is 6.98. The van der Waals surface area contributed by atoms with Crippen LogP contribution in [-0.4, -0.2) is 15.0 Å². The zero-order valence-electron chi connectivity index (χ0n) is 31.7. The van der Waals surface area contributed by atoms with E-state index in [2.05, 4.69) is 212 Å². The lowest BCUT2D eigenvalue weighted by Crippen LogP contribution is -2.00. The lowest BCUT2D eigenvalue weighted by Gasteiger charge is -2.15. The molecule has 272 valence electrons. The van der Waals surface area contributed by atoms with Crippen molar-refractivity contribution in [2.45, 2.75) is 0 Å². The van der Waals surface area contributed by atoms with E-state index in [-0.39, 0.29) is 0 Å². The Morgan fingerprint density at radius 1 is 0.207 bits per heavy atom. The lowest BCUT2D eigenvalue weighted by atomic mass is 9.89. The first-order valence-electron chi connectivity index (χ1n) is 19.6. The van der Waals surface area contributed by atoms with E-state index in [1.807, 2.05) is 12.1 Å². The SMILES string of the molecule is c1ccc(-c2ccc(-c3nc(-c4cccc(-c5ccccc5)c4)nc(-c4cccc(-c5ccc(-c6cccc7ccccc67)cc5-c5ccccc5)c4)n3)cc2)cc1. The predicted octanol–water partition coefficient (Wildman–Crippen LogP) is 14.4. The number of nitrogens with zero attached hydrogens (tertiary/aromatic N) is 3. The van der Waals surface area contributed by atoms with E-state index in [9.17, 15) is 0 Å². The smallest absolute Gasteiger partial charge is 0.164 e. The molecule has 0 saturated carbocycles. The van der Waals surface area contributed by atoms with Gasteiger partial charge in [0.15, 0.2) is 17.5 Å². The van der Waals surface area contributed by atoms with Gasteiger partial charge in [0.25, 0.3) is 0 Å². The summed E-state index contributed by atoms with van der Waals surface area (Å²) >= 11 is 0. The second-order valence-corrected chi connectivity index (χ2v) is 14.4. The minimum atomic E-state index is 0.618. The molecule has 0 fully saturated rings. The maximum absolute atomic E-state index is 5.18. The molecular weight excluding hydrogens is 703 g/mol. The van der Waals surface area contributed by atoms with Gasteiger partial charge in [-0.1, -0.05) is 206 Å². The molecule has 1 aromatic heterocycles. The monoisotopic (exact) mass is 739 g/mol. The van der Waals surface area contributed by atoms with Crippen LogP contribution in [0.4, 0.5) is 0 Å². The van der Waals surface area contributed by atoms with Crippen LogP contribution in [0, 0.1) is 0 Å². The molecule has 0 N–H and O–H groups in total. The molecule has 0 spiro atoms. The maximum Gasteiger partial charge on any atom is 0.164 e. The first-order valence-corrected chi connectivity index (χ1v) is 19.6. The molecule has 0 amide bonds. The third-order valence-corrected chi connectivity index (χ3v) is 10.8. The average molecular weight is 740 g/mol. The van der Waals surface area contributed by atoms with Crippen molar-refractivity contribution in [1.82, 2.24) is 15.0 Å². The molecule has 0 saturated heterocycles. The van der Waals surface area contributed by atoms with Gasteiger partial charge >= 0.3 is 0 Å². The number of hydrogen-bond donors (Lipinski definition) is 0. The predicted molar refractivity (Wildman–Crippen MR) is 241 cm³/mol. The molecule has 0 atom stereocenters. The van der Waals surface area contributed by atoms with Crippen molar-refractivity contribution in [3.8, 4) is 89.8 Å².